The first-order valence-electron chi connectivity index (χ1n) is 11.9. The van der Waals surface area contributed by atoms with Crippen LogP contribution in [0.5, 0.6) is 0 Å². The summed E-state index contributed by atoms with van der Waals surface area (Å²) >= 11 is 0. The third-order valence-corrected chi connectivity index (χ3v) is 7.73. The molecular weight excluding hydrogens is 473 g/mol. The van der Waals surface area contributed by atoms with Crippen LogP contribution >= 0.6 is 7.60 Å². The van der Waals surface area contributed by atoms with Crippen molar-refractivity contribution in [3.63, 3.8) is 0 Å². The largest absolute Gasteiger partial charge is 0.335 e. The van der Waals surface area contributed by atoms with E-state index in [9.17, 15) is 9.36 Å². The minimum atomic E-state index is -3.18. The van der Waals surface area contributed by atoms with Gasteiger partial charge in [-0.1, -0.05) is 54.6 Å². The number of anilines is 1. The average molecular weight is 504 g/mol. The third kappa shape index (κ3) is 6.00. The zero-order chi connectivity index (χ0) is 25.5. The van der Waals surface area contributed by atoms with Crippen molar-refractivity contribution in [2.45, 2.75) is 20.0 Å². The molecular formula is C28H30N3O4P. The van der Waals surface area contributed by atoms with Crippen molar-refractivity contribution in [1.29, 1.82) is 0 Å². The molecule has 36 heavy (non-hydrogen) atoms. The first-order chi connectivity index (χ1) is 17.4. The molecule has 3 aromatic carbocycles. The van der Waals surface area contributed by atoms with Crippen LogP contribution in [0.2, 0.25) is 0 Å². The predicted molar refractivity (Wildman–Crippen MR) is 145 cm³/mol. The lowest BCUT2D eigenvalue weighted by Gasteiger charge is -2.17. The second-order valence-corrected chi connectivity index (χ2v) is 10.3. The van der Waals surface area contributed by atoms with Crippen LogP contribution in [-0.2, 0) is 31.6 Å². The maximum atomic E-state index is 12.7. The van der Waals surface area contributed by atoms with E-state index in [0.717, 1.165) is 33.2 Å². The average Bonchev–Trinajstić information content (AvgIpc) is 3.24. The smallest absolute Gasteiger partial charge is 0.323 e. The Hall–Kier alpha value is -3.51. The normalized spacial score (nSPS) is 11.9. The first kappa shape index (κ1) is 25.6. The Morgan fingerprint density at radius 2 is 1.69 bits per heavy atom. The number of fused-ring (bicyclic) bond motifs is 1. The Bertz CT molecular complexity index is 1410. The summed E-state index contributed by atoms with van der Waals surface area (Å²) in [5.74, 6) is -0.259. The van der Waals surface area contributed by atoms with Crippen molar-refractivity contribution in [1.82, 2.24) is 9.78 Å². The van der Waals surface area contributed by atoms with Gasteiger partial charge in [0.15, 0.2) is 0 Å². The Kier molecular flexibility index (Phi) is 8.16. The molecule has 0 unspecified atom stereocenters. The number of benzene rings is 3. The highest BCUT2D eigenvalue weighted by molar-refractivity contribution is 7.53. The number of hydrogen-bond acceptors (Lipinski definition) is 5. The summed E-state index contributed by atoms with van der Waals surface area (Å²) in [5, 5.41) is 9.55. The topological polar surface area (TPSA) is 82.5 Å². The molecule has 0 saturated carbocycles. The van der Waals surface area contributed by atoms with Crippen molar-refractivity contribution < 1.29 is 18.4 Å². The number of rotatable bonds is 10. The van der Waals surface area contributed by atoms with Crippen molar-refractivity contribution in [3.05, 3.63) is 90.1 Å². The van der Waals surface area contributed by atoms with E-state index < -0.39 is 7.60 Å². The van der Waals surface area contributed by atoms with Gasteiger partial charge in [0.2, 0.25) is 5.91 Å². The quantitative estimate of drug-likeness (QED) is 0.193. The molecule has 0 fully saturated rings. The Labute approximate surface area is 211 Å². The number of aromatic nitrogens is 2. The molecule has 186 valence electrons. The molecule has 4 rings (SSSR count). The van der Waals surface area contributed by atoms with Gasteiger partial charge in [0.1, 0.15) is 0 Å². The predicted octanol–water partition coefficient (Wildman–Crippen LogP) is 6.66. The van der Waals surface area contributed by atoms with Gasteiger partial charge in [-0.25, -0.2) is 0 Å². The third-order valence-electron chi connectivity index (χ3n) is 5.68. The van der Waals surface area contributed by atoms with Gasteiger partial charge >= 0.3 is 7.60 Å². The highest BCUT2D eigenvalue weighted by Crippen LogP contribution is 2.51. The van der Waals surface area contributed by atoms with Crippen LogP contribution in [0, 0.1) is 0 Å². The summed E-state index contributed by atoms with van der Waals surface area (Å²) in [6, 6.07) is 21.5. The molecule has 0 spiro atoms. The number of nitrogens with one attached hydrogen (secondary N) is 1. The second-order valence-electron chi connectivity index (χ2n) is 8.22. The summed E-state index contributed by atoms with van der Waals surface area (Å²) in [6.45, 7) is 4.20. The second kappa shape index (κ2) is 11.5. The fourth-order valence-corrected chi connectivity index (χ4v) is 5.83. The van der Waals surface area contributed by atoms with Crippen LogP contribution in [0.15, 0.2) is 79.0 Å². The highest BCUT2D eigenvalue weighted by Gasteiger charge is 2.23. The Morgan fingerprint density at radius 3 is 2.42 bits per heavy atom. The van der Waals surface area contributed by atoms with Gasteiger partial charge in [-0.2, -0.15) is 5.10 Å². The van der Waals surface area contributed by atoms with Crippen LogP contribution in [0.3, 0.4) is 0 Å². The first-order valence-corrected chi connectivity index (χ1v) is 13.6. The zero-order valence-electron chi connectivity index (χ0n) is 20.7. The fourth-order valence-electron chi connectivity index (χ4n) is 4.13. The standard InChI is InChI=1S/C28H30N3O4P/c1-4-34-36(33,35-5-2)20-21-13-16-24(17-14-21)30-27(32)18-15-23-19-29-31(3)28(23)26-12-8-10-22-9-6-7-11-25(22)26/h6-19H,4-5,20H2,1-3H3,(H,30,32)/b18-15+. The molecule has 1 N–H and O–H groups in total. The lowest BCUT2D eigenvalue weighted by Crippen LogP contribution is -2.07. The molecule has 1 amide bonds. The lowest BCUT2D eigenvalue weighted by molar-refractivity contribution is -0.111. The zero-order valence-corrected chi connectivity index (χ0v) is 21.6. The van der Waals surface area contributed by atoms with E-state index in [0.29, 0.717) is 18.9 Å². The van der Waals surface area contributed by atoms with Gasteiger partial charge in [-0.3, -0.25) is 14.0 Å². The fraction of sp³-hybridized carbons (Fsp3) is 0.214. The van der Waals surface area contributed by atoms with Crippen molar-refractivity contribution in [3.8, 4) is 11.3 Å². The van der Waals surface area contributed by atoms with Crippen LogP contribution < -0.4 is 5.32 Å². The summed E-state index contributed by atoms with van der Waals surface area (Å²) in [5.41, 5.74) is 4.29. The number of amides is 1. The lowest BCUT2D eigenvalue weighted by atomic mass is 10.00. The summed E-state index contributed by atoms with van der Waals surface area (Å²) in [6.07, 6.45) is 5.21. The van der Waals surface area contributed by atoms with Crippen LogP contribution in [-0.4, -0.2) is 28.9 Å². The minimum absolute atomic E-state index is 0.181. The number of carbonyl (C=O) groups excluding carboxylic acids is 1. The molecule has 1 heterocycles. The SMILES string of the molecule is CCOP(=O)(Cc1ccc(NC(=O)/C=C/c2cnn(C)c2-c2cccc3ccccc23)cc1)OCC. The van der Waals surface area contributed by atoms with Gasteiger partial charge in [-0.15, -0.1) is 0 Å². The molecule has 1 aromatic heterocycles. The van der Waals surface area contributed by atoms with Crippen molar-refractivity contribution in [2.75, 3.05) is 18.5 Å². The molecule has 7 nitrogen and oxygen atoms in total. The molecule has 0 radical (unpaired) electrons. The number of hydrogen-bond donors (Lipinski definition) is 1. The van der Waals surface area contributed by atoms with E-state index in [4.69, 9.17) is 9.05 Å². The maximum Gasteiger partial charge on any atom is 0.335 e. The van der Waals surface area contributed by atoms with Gasteiger partial charge < -0.3 is 14.4 Å². The maximum absolute atomic E-state index is 12.7. The number of carbonyl (C=O) groups is 1. The van der Waals surface area contributed by atoms with Gasteiger partial charge in [0.25, 0.3) is 0 Å². The van der Waals surface area contributed by atoms with E-state index in [-0.39, 0.29) is 12.1 Å². The van der Waals surface area contributed by atoms with E-state index in [2.05, 4.69) is 34.7 Å². The number of aryl methyl sites for hydroxylation is 1. The Morgan fingerprint density at radius 1 is 1.00 bits per heavy atom. The van der Waals surface area contributed by atoms with Crippen molar-refractivity contribution >= 4 is 36.0 Å². The molecule has 0 atom stereocenters. The molecule has 0 bridgehead atoms. The Balaban J connectivity index is 1.47. The molecule has 0 aliphatic heterocycles. The van der Waals surface area contributed by atoms with Gasteiger partial charge in [0.05, 0.1) is 31.3 Å². The van der Waals surface area contributed by atoms with E-state index in [1.54, 1.807) is 38.3 Å². The van der Waals surface area contributed by atoms with E-state index >= 15 is 0 Å². The highest BCUT2D eigenvalue weighted by atomic mass is 31.2. The van der Waals surface area contributed by atoms with Crippen molar-refractivity contribution in [2.24, 2.45) is 7.05 Å². The number of nitrogens with zero attached hydrogens (tertiary/aromatic N) is 2. The molecule has 4 aromatic rings. The summed E-state index contributed by atoms with van der Waals surface area (Å²) in [7, 11) is -1.28. The summed E-state index contributed by atoms with van der Waals surface area (Å²) < 4.78 is 25.3. The van der Waals surface area contributed by atoms with Gasteiger partial charge in [-0.05, 0) is 48.4 Å². The summed E-state index contributed by atoms with van der Waals surface area (Å²) in [4.78, 5) is 12.6. The molecule has 0 saturated heterocycles. The van der Waals surface area contributed by atoms with Crippen LogP contribution in [0.1, 0.15) is 25.0 Å². The van der Waals surface area contributed by atoms with E-state index in [1.165, 1.54) is 6.08 Å². The van der Waals surface area contributed by atoms with Crippen LogP contribution in [0.4, 0.5) is 5.69 Å². The van der Waals surface area contributed by atoms with E-state index in [1.807, 2.05) is 42.1 Å². The monoisotopic (exact) mass is 503 g/mol. The molecule has 8 heteroatoms. The minimum Gasteiger partial charge on any atom is -0.323 e. The van der Waals surface area contributed by atoms with Crippen LogP contribution in [0.25, 0.3) is 28.1 Å². The van der Waals surface area contributed by atoms with Gasteiger partial charge in [0, 0.05) is 29.9 Å². The molecule has 0 aliphatic rings. The molecule has 0 aliphatic carbocycles.